The molecule has 1 rings (SSSR count). The smallest absolute Gasteiger partial charge is 0.166 e. The molecular weight excluding hydrogens is 243 g/mol. The molecule has 0 atom stereocenters. The Hall–Kier alpha value is -0.220. The molecule has 0 saturated carbocycles. The summed E-state index contributed by atoms with van der Waals surface area (Å²) in [6, 6.07) is 3.15. The number of halogens is 2. The summed E-state index contributed by atoms with van der Waals surface area (Å²) in [5, 5.41) is 0. The second-order valence-electron chi connectivity index (χ2n) is 2.24. The Bertz CT molecular complexity index is 291. The van der Waals surface area contributed by atoms with E-state index in [1.165, 1.54) is 13.2 Å². The lowest BCUT2D eigenvalue weighted by molar-refractivity contribution is 0.383. The molecule has 0 spiro atoms. The number of benzene rings is 1. The van der Waals surface area contributed by atoms with E-state index in [4.69, 9.17) is 4.74 Å². The van der Waals surface area contributed by atoms with Crippen LogP contribution in [0.15, 0.2) is 16.6 Å². The third-order valence-electron chi connectivity index (χ3n) is 1.46. The van der Waals surface area contributed by atoms with Gasteiger partial charge in [0.25, 0.3) is 0 Å². The fraction of sp³-hybridized carbons (Fsp3) is 0.250. The fourth-order valence-electron chi connectivity index (χ4n) is 0.960. The largest absolute Gasteiger partial charge is 0.493 e. The lowest BCUT2D eigenvalue weighted by atomic mass is 10.2. The summed E-state index contributed by atoms with van der Waals surface area (Å²) in [5.74, 6) is 0.364. The normalized spacial score (nSPS) is 10.0. The van der Waals surface area contributed by atoms with Gasteiger partial charge in [0.1, 0.15) is 0 Å². The van der Waals surface area contributed by atoms with E-state index < -0.39 is 0 Å². The molecule has 0 aliphatic heterocycles. The van der Waals surface area contributed by atoms with Crippen LogP contribution in [0, 0.1) is 5.82 Å². The topological polar surface area (TPSA) is 9.23 Å². The van der Waals surface area contributed by atoms with Gasteiger partial charge in [0.05, 0.1) is 7.11 Å². The Labute approximate surface area is 84.5 Å². The Kier molecular flexibility index (Phi) is 3.40. The number of rotatable bonds is 2. The molecule has 0 bridgehead atoms. The minimum Gasteiger partial charge on any atom is -0.493 e. The third-order valence-corrected chi connectivity index (χ3v) is 2.26. The van der Waals surface area contributed by atoms with Crippen LogP contribution in [-0.2, 0) is 5.75 Å². The summed E-state index contributed by atoms with van der Waals surface area (Å²) in [7, 11) is 1.44. The van der Waals surface area contributed by atoms with E-state index >= 15 is 0 Å². The lowest BCUT2D eigenvalue weighted by Crippen LogP contribution is -1.93. The molecule has 1 aromatic carbocycles. The van der Waals surface area contributed by atoms with Crippen molar-refractivity contribution in [2.24, 2.45) is 0 Å². The molecule has 0 radical (unpaired) electrons. The Morgan fingerprint density at radius 2 is 2.25 bits per heavy atom. The van der Waals surface area contributed by atoms with E-state index in [9.17, 15) is 4.39 Å². The van der Waals surface area contributed by atoms with E-state index in [2.05, 4.69) is 28.6 Å². The minimum atomic E-state index is -0.365. The van der Waals surface area contributed by atoms with E-state index in [0.717, 1.165) is 5.56 Å². The molecule has 1 aromatic rings. The quantitative estimate of drug-likeness (QED) is 0.795. The first kappa shape index (κ1) is 9.86. The van der Waals surface area contributed by atoms with Crippen LogP contribution in [0.1, 0.15) is 5.56 Å². The number of hydrogen-bond acceptors (Lipinski definition) is 2. The van der Waals surface area contributed by atoms with Gasteiger partial charge in [-0.05, 0) is 12.1 Å². The highest BCUT2D eigenvalue weighted by Crippen LogP contribution is 2.27. The lowest BCUT2D eigenvalue weighted by Gasteiger charge is -2.07. The van der Waals surface area contributed by atoms with Gasteiger partial charge in [-0.2, -0.15) is 12.6 Å². The summed E-state index contributed by atoms with van der Waals surface area (Å²) in [4.78, 5) is 0. The van der Waals surface area contributed by atoms with Crippen LogP contribution in [-0.4, -0.2) is 7.11 Å². The SMILES string of the molecule is COc1c(F)cc(Br)cc1CS. The van der Waals surface area contributed by atoms with Crippen molar-refractivity contribution in [3.8, 4) is 5.75 Å². The van der Waals surface area contributed by atoms with Crippen LogP contribution in [0.25, 0.3) is 0 Å². The minimum absolute atomic E-state index is 0.271. The molecule has 0 amide bonds. The summed E-state index contributed by atoms with van der Waals surface area (Å²) >= 11 is 7.25. The summed E-state index contributed by atoms with van der Waals surface area (Å²) < 4.78 is 18.7. The Morgan fingerprint density at radius 3 is 2.75 bits per heavy atom. The molecule has 1 nitrogen and oxygen atoms in total. The molecule has 0 N–H and O–H groups in total. The van der Waals surface area contributed by atoms with E-state index in [0.29, 0.717) is 10.2 Å². The molecule has 0 aliphatic carbocycles. The van der Waals surface area contributed by atoms with Crippen molar-refractivity contribution >= 4 is 28.6 Å². The van der Waals surface area contributed by atoms with Gasteiger partial charge in [0.2, 0.25) is 0 Å². The van der Waals surface area contributed by atoms with Crippen molar-refractivity contribution in [2.45, 2.75) is 5.75 Å². The van der Waals surface area contributed by atoms with E-state index in [1.54, 1.807) is 6.07 Å². The first-order valence-corrected chi connectivity index (χ1v) is 4.74. The summed E-state index contributed by atoms with van der Waals surface area (Å²) in [6.07, 6.45) is 0. The van der Waals surface area contributed by atoms with Crippen molar-refractivity contribution in [3.63, 3.8) is 0 Å². The van der Waals surface area contributed by atoms with Gasteiger partial charge < -0.3 is 4.74 Å². The summed E-state index contributed by atoms with van der Waals surface area (Å²) in [5.41, 5.74) is 0.743. The van der Waals surface area contributed by atoms with Gasteiger partial charge in [-0.15, -0.1) is 0 Å². The van der Waals surface area contributed by atoms with Crippen LogP contribution in [0.3, 0.4) is 0 Å². The van der Waals surface area contributed by atoms with Gasteiger partial charge in [-0.25, -0.2) is 4.39 Å². The average molecular weight is 251 g/mol. The van der Waals surface area contributed by atoms with Gasteiger partial charge >= 0.3 is 0 Å². The van der Waals surface area contributed by atoms with Gasteiger partial charge in [0, 0.05) is 15.8 Å². The van der Waals surface area contributed by atoms with Crippen LogP contribution in [0.2, 0.25) is 0 Å². The fourth-order valence-corrected chi connectivity index (χ4v) is 1.67. The molecule has 0 unspecified atom stereocenters. The second kappa shape index (κ2) is 4.14. The maximum atomic E-state index is 13.1. The van der Waals surface area contributed by atoms with Crippen molar-refractivity contribution in [3.05, 3.63) is 28.0 Å². The summed E-state index contributed by atoms with van der Waals surface area (Å²) in [6.45, 7) is 0. The van der Waals surface area contributed by atoms with Gasteiger partial charge in [-0.1, -0.05) is 15.9 Å². The van der Waals surface area contributed by atoms with Crippen molar-refractivity contribution < 1.29 is 9.13 Å². The van der Waals surface area contributed by atoms with Crippen molar-refractivity contribution in [2.75, 3.05) is 7.11 Å². The van der Waals surface area contributed by atoms with Crippen molar-refractivity contribution in [1.82, 2.24) is 0 Å². The Morgan fingerprint density at radius 1 is 1.58 bits per heavy atom. The Balaban J connectivity index is 3.24. The number of hydrogen-bond donors (Lipinski definition) is 1. The molecule has 4 heteroatoms. The molecule has 0 heterocycles. The third kappa shape index (κ3) is 1.93. The molecule has 0 aliphatic rings. The number of methoxy groups -OCH3 is 1. The van der Waals surface area contributed by atoms with Crippen molar-refractivity contribution in [1.29, 1.82) is 0 Å². The highest BCUT2D eigenvalue weighted by atomic mass is 79.9. The predicted octanol–water partition coefficient (Wildman–Crippen LogP) is 3.03. The zero-order chi connectivity index (χ0) is 9.14. The zero-order valence-electron chi connectivity index (χ0n) is 6.47. The van der Waals surface area contributed by atoms with E-state index in [1.807, 2.05) is 0 Å². The molecule has 0 saturated heterocycles. The zero-order valence-corrected chi connectivity index (χ0v) is 8.95. The van der Waals surface area contributed by atoms with Crippen LogP contribution in [0.4, 0.5) is 4.39 Å². The maximum Gasteiger partial charge on any atom is 0.166 e. The first-order chi connectivity index (χ1) is 5.69. The second-order valence-corrected chi connectivity index (χ2v) is 3.47. The molecule has 12 heavy (non-hydrogen) atoms. The maximum absolute atomic E-state index is 13.1. The van der Waals surface area contributed by atoms with Crippen LogP contribution >= 0.6 is 28.6 Å². The van der Waals surface area contributed by atoms with Crippen LogP contribution in [0.5, 0.6) is 5.75 Å². The monoisotopic (exact) mass is 250 g/mol. The van der Waals surface area contributed by atoms with E-state index in [-0.39, 0.29) is 11.6 Å². The highest BCUT2D eigenvalue weighted by Gasteiger charge is 2.08. The molecule has 0 aromatic heterocycles. The standard InChI is InChI=1S/C8H8BrFOS/c1-11-8-5(4-12)2-6(9)3-7(8)10/h2-3,12H,4H2,1H3. The van der Waals surface area contributed by atoms with Gasteiger partial charge in [0.15, 0.2) is 11.6 Å². The average Bonchev–Trinajstić information content (AvgIpc) is 2.03. The molecule has 66 valence electrons. The first-order valence-electron chi connectivity index (χ1n) is 3.31. The van der Waals surface area contributed by atoms with Gasteiger partial charge in [-0.3, -0.25) is 0 Å². The molecular formula is C8H8BrFOS. The van der Waals surface area contributed by atoms with Crippen LogP contribution < -0.4 is 4.74 Å². The number of thiol groups is 1. The molecule has 0 fully saturated rings. The number of ether oxygens (including phenoxy) is 1. The predicted molar refractivity (Wildman–Crippen MR) is 53.3 cm³/mol. The highest BCUT2D eigenvalue weighted by molar-refractivity contribution is 9.10.